The van der Waals surface area contributed by atoms with Crippen LogP contribution in [0.3, 0.4) is 0 Å². The summed E-state index contributed by atoms with van der Waals surface area (Å²) in [5, 5.41) is 15.1. The van der Waals surface area contributed by atoms with Gasteiger partial charge in [0.15, 0.2) is 0 Å². The Morgan fingerprint density at radius 2 is 2.00 bits per heavy atom. The molecule has 0 unspecified atom stereocenters. The number of thioether (sulfide) groups is 1. The lowest BCUT2D eigenvalue weighted by Crippen LogP contribution is -2.25. The minimum atomic E-state index is -0.144. The molecular weight excluding hydrogens is 376 g/mol. The molecule has 0 bridgehead atoms. The number of benzene rings is 2. The molecule has 2 aromatic carbocycles. The van der Waals surface area contributed by atoms with Crippen molar-refractivity contribution in [1.82, 2.24) is 20.2 Å². The fraction of sp³-hybridized carbons (Fsp3) is 0.211. The molecule has 2 heterocycles. The molecule has 0 fully saturated rings. The summed E-state index contributed by atoms with van der Waals surface area (Å²) in [6.07, 6.45) is 0.791. The van der Waals surface area contributed by atoms with Crippen molar-refractivity contribution in [3.63, 3.8) is 0 Å². The smallest absolute Gasteiger partial charge is 0.234 e. The SMILES string of the molecule is CC(=O)N1CCc2cc(NC(=O)CSc3nnnn3-c3ccccc3)ccc21. The molecule has 0 radical (unpaired) electrons. The van der Waals surface area contributed by atoms with E-state index in [0.29, 0.717) is 11.7 Å². The third-order valence-electron chi connectivity index (χ3n) is 4.41. The van der Waals surface area contributed by atoms with Gasteiger partial charge in [0.05, 0.1) is 11.4 Å². The van der Waals surface area contributed by atoms with Crippen molar-refractivity contribution in [2.24, 2.45) is 0 Å². The maximum atomic E-state index is 12.4. The monoisotopic (exact) mass is 394 g/mol. The van der Waals surface area contributed by atoms with E-state index >= 15 is 0 Å². The number of amides is 2. The first-order valence-electron chi connectivity index (χ1n) is 8.79. The van der Waals surface area contributed by atoms with E-state index < -0.39 is 0 Å². The first kappa shape index (κ1) is 18.2. The minimum absolute atomic E-state index is 0.0306. The van der Waals surface area contributed by atoms with Crippen molar-refractivity contribution in [3.8, 4) is 5.69 Å². The van der Waals surface area contributed by atoms with Crippen LogP contribution in [0.25, 0.3) is 5.69 Å². The molecule has 0 saturated carbocycles. The Morgan fingerprint density at radius 3 is 2.79 bits per heavy atom. The van der Waals surface area contributed by atoms with Crippen molar-refractivity contribution in [2.75, 3.05) is 22.5 Å². The highest BCUT2D eigenvalue weighted by atomic mass is 32.2. The van der Waals surface area contributed by atoms with Gasteiger partial charge in [0, 0.05) is 24.8 Å². The second-order valence-corrected chi connectivity index (χ2v) is 7.25. The lowest BCUT2D eigenvalue weighted by atomic mass is 10.1. The lowest BCUT2D eigenvalue weighted by Gasteiger charge is -2.15. The predicted molar refractivity (Wildman–Crippen MR) is 107 cm³/mol. The van der Waals surface area contributed by atoms with Crippen LogP contribution in [0, 0.1) is 0 Å². The zero-order valence-electron chi connectivity index (χ0n) is 15.2. The maximum absolute atomic E-state index is 12.4. The Morgan fingerprint density at radius 1 is 1.18 bits per heavy atom. The van der Waals surface area contributed by atoms with Gasteiger partial charge in [-0.25, -0.2) is 0 Å². The third-order valence-corrected chi connectivity index (χ3v) is 5.33. The molecule has 3 aromatic rings. The van der Waals surface area contributed by atoms with Crippen LogP contribution in [0.5, 0.6) is 0 Å². The first-order chi connectivity index (χ1) is 13.6. The molecule has 0 saturated heterocycles. The molecule has 0 spiro atoms. The number of anilines is 2. The van der Waals surface area contributed by atoms with Gasteiger partial charge < -0.3 is 10.2 Å². The first-order valence-corrected chi connectivity index (χ1v) is 9.78. The van der Waals surface area contributed by atoms with Crippen molar-refractivity contribution in [3.05, 3.63) is 54.1 Å². The normalized spacial score (nSPS) is 12.7. The zero-order chi connectivity index (χ0) is 19.5. The number of rotatable bonds is 5. The molecule has 28 heavy (non-hydrogen) atoms. The summed E-state index contributed by atoms with van der Waals surface area (Å²) >= 11 is 1.27. The largest absolute Gasteiger partial charge is 0.325 e. The fourth-order valence-corrected chi connectivity index (χ4v) is 3.82. The number of carbonyl (C=O) groups is 2. The molecule has 0 aliphatic carbocycles. The molecule has 1 aromatic heterocycles. The maximum Gasteiger partial charge on any atom is 0.234 e. The molecule has 142 valence electrons. The molecule has 8 nitrogen and oxygen atoms in total. The van der Waals surface area contributed by atoms with E-state index in [9.17, 15) is 9.59 Å². The van der Waals surface area contributed by atoms with Gasteiger partial charge in [-0.3, -0.25) is 9.59 Å². The fourth-order valence-electron chi connectivity index (χ4n) is 3.13. The van der Waals surface area contributed by atoms with E-state index in [-0.39, 0.29) is 17.6 Å². The van der Waals surface area contributed by atoms with Crippen LogP contribution in [0.2, 0.25) is 0 Å². The second-order valence-electron chi connectivity index (χ2n) is 6.31. The summed E-state index contributed by atoms with van der Waals surface area (Å²) in [6, 6.07) is 15.1. The number of tetrazole rings is 1. The summed E-state index contributed by atoms with van der Waals surface area (Å²) in [5.74, 6) is 0.0705. The number of nitrogens with one attached hydrogen (secondary N) is 1. The van der Waals surface area contributed by atoms with Gasteiger partial charge in [-0.05, 0) is 52.7 Å². The summed E-state index contributed by atoms with van der Waals surface area (Å²) in [6.45, 7) is 2.24. The van der Waals surface area contributed by atoms with Gasteiger partial charge in [0.2, 0.25) is 17.0 Å². The van der Waals surface area contributed by atoms with Crippen LogP contribution >= 0.6 is 11.8 Å². The highest BCUT2D eigenvalue weighted by Gasteiger charge is 2.22. The van der Waals surface area contributed by atoms with Crippen molar-refractivity contribution >= 4 is 35.0 Å². The number of carbonyl (C=O) groups excluding carboxylic acids is 2. The third kappa shape index (κ3) is 3.74. The summed E-state index contributed by atoms with van der Waals surface area (Å²) in [4.78, 5) is 25.7. The van der Waals surface area contributed by atoms with Gasteiger partial charge in [0.25, 0.3) is 0 Å². The zero-order valence-corrected chi connectivity index (χ0v) is 16.0. The Kier molecular flexibility index (Phi) is 5.07. The van der Waals surface area contributed by atoms with Gasteiger partial charge in [-0.2, -0.15) is 4.68 Å². The van der Waals surface area contributed by atoms with Gasteiger partial charge in [-0.1, -0.05) is 30.0 Å². The van der Waals surface area contributed by atoms with Crippen LogP contribution in [0.4, 0.5) is 11.4 Å². The van der Waals surface area contributed by atoms with E-state index in [4.69, 9.17) is 0 Å². The van der Waals surface area contributed by atoms with Crippen LogP contribution in [-0.2, 0) is 16.0 Å². The number of hydrogen-bond donors (Lipinski definition) is 1. The quantitative estimate of drug-likeness (QED) is 0.668. The molecule has 9 heteroatoms. The van der Waals surface area contributed by atoms with Gasteiger partial charge in [-0.15, -0.1) is 5.10 Å². The Balaban J connectivity index is 1.39. The summed E-state index contributed by atoms with van der Waals surface area (Å²) in [7, 11) is 0. The molecule has 1 aliphatic rings. The summed E-state index contributed by atoms with van der Waals surface area (Å²) in [5.41, 5.74) is 3.54. The Hall–Kier alpha value is -3.20. The Bertz CT molecular complexity index is 1020. The van der Waals surface area contributed by atoms with E-state index in [2.05, 4.69) is 20.8 Å². The number of nitrogens with zero attached hydrogens (tertiary/aromatic N) is 5. The van der Waals surface area contributed by atoms with Crippen LogP contribution in [0.1, 0.15) is 12.5 Å². The van der Waals surface area contributed by atoms with Crippen molar-refractivity contribution in [1.29, 1.82) is 0 Å². The Labute approximate surface area is 165 Å². The van der Waals surface area contributed by atoms with Crippen LogP contribution < -0.4 is 10.2 Å². The predicted octanol–water partition coefficient (Wildman–Crippen LogP) is 2.30. The molecule has 0 atom stereocenters. The molecule has 1 aliphatic heterocycles. The molecule has 1 N–H and O–H groups in total. The number of fused-ring (bicyclic) bond motifs is 1. The van der Waals surface area contributed by atoms with E-state index in [1.165, 1.54) is 11.8 Å². The average Bonchev–Trinajstić information content (AvgIpc) is 3.33. The van der Waals surface area contributed by atoms with E-state index in [1.54, 1.807) is 16.5 Å². The molecule has 2 amide bonds. The van der Waals surface area contributed by atoms with Gasteiger partial charge in [0.1, 0.15) is 0 Å². The van der Waals surface area contributed by atoms with E-state index in [1.807, 2.05) is 48.5 Å². The van der Waals surface area contributed by atoms with Crippen molar-refractivity contribution in [2.45, 2.75) is 18.5 Å². The number of hydrogen-bond acceptors (Lipinski definition) is 6. The van der Waals surface area contributed by atoms with Gasteiger partial charge >= 0.3 is 0 Å². The number of aromatic nitrogens is 4. The minimum Gasteiger partial charge on any atom is -0.325 e. The van der Waals surface area contributed by atoms with E-state index in [0.717, 1.165) is 29.0 Å². The lowest BCUT2D eigenvalue weighted by molar-refractivity contribution is -0.116. The second kappa shape index (κ2) is 7.81. The highest BCUT2D eigenvalue weighted by molar-refractivity contribution is 7.99. The van der Waals surface area contributed by atoms with Crippen molar-refractivity contribution < 1.29 is 9.59 Å². The highest BCUT2D eigenvalue weighted by Crippen LogP contribution is 2.30. The topological polar surface area (TPSA) is 93.0 Å². The molecular formula is C19H18N6O2S. The average molecular weight is 394 g/mol. The van der Waals surface area contributed by atoms with Crippen LogP contribution in [-0.4, -0.2) is 44.3 Å². The molecule has 4 rings (SSSR count). The summed E-state index contributed by atoms with van der Waals surface area (Å²) < 4.78 is 1.60. The standard InChI is InChI=1S/C19H18N6O2S/c1-13(26)24-10-9-14-11-15(7-8-17(14)24)20-18(27)12-28-19-21-22-23-25(19)16-5-3-2-4-6-16/h2-8,11H,9-10,12H2,1H3,(H,20,27). The number of para-hydroxylation sites is 1. The van der Waals surface area contributed by atoms with Crippen LogP contribution in [0.15, 0.2) is 53.7 Å².